The van der Waals surface area contributed by atoms with Gasteiger partial charge in [-0.25, -0.2) is 19.6 Å². The van der Waals surface area contributed by atoms with E-state index in [0.29, 0.717) is 6.54 Å². The quantitative estimate of drug-likeness (QED) is 0.164. The van der Waals surface area contributed by atoms with Crippen LogP contribution in [0.2, 0.25) is 0 Å². The van der Waals surface area contributed by atoms with Gasteiger partial charge in [-0.3, -0.25) is 4.90 Å². The standard InChI is InChI=1S/C44H49N7O3/c1-43(2,3)49-41(52)50-23-7-9-37(50)39-45-33-21-19-31(25-35(33)47-39)29-15-11-27(12-16-29)28-13-17-30(18-14-28)32-20-22-34-36(26-32)48-40(46-34)38-10-8-24-51(38)42(53)54-44(4,5)6/h11-22,25-26,37-38H,7-10,23-24H2,1-6H3,(H,45,47)(H,46,48)(H,49,52). The molecule has 54 heavy (non-hydrogen) atoms. The van der Waals surface area contributed by atoms with Crippen molar-refractivity contribution < 1.29 is 14.3 Å². The van der Waals surface area contributed by atoms with E-state index in [1.165, 1.54) is 0 Å². The van der Waals surface area contributed by atoms with Crippen molar-refractivity contribution in [3.05, 3.63) is 96.6 Å². The molecular weight excluding hydrogens is 675 g/mol. The summed E-state index contributed by atoms with van der Waals surface area (Å²) in [5.41, 5.74) is 9.61. The summed E-state index contributed by atoms with van der Waals surface area (Å²) in [4.78, 5) is 46.4. The second kappa shape index (κ2) is 13.6. The summed E-state index contributed by atoms with van der Waals surface area (Å²) in [6, 6.07) is 29.7. The lowest BCUT2D eigenvalue weighted by Gasteiger charge is -2.28. The third kappa shape index (κ3) is 7.29. The Bertz CT molecular complexity index is 2160. The molecule has 3 amide bonds. The van der Waals surface area contributed by atoms with Gasteiger partial charge >= 0.3 is 12.1 Å². The topological polar surface area (TPSA) is 119 Å². The first-order valence-corrected chi connectivity index (χ1v) is 19.1. The summed E-state index contributed by atoms with van der Waals surface area (Å²) in [6.45, 7) is 13.1. The smallest absolute Gasteiger partial charge is 0.410 e. The number of carbonyl (C=O) groups is 2. The van der Waals surface area contributed by atoms with Gasteiger partial charge in [0.2, 0.25) is 0 Å². The molecule has 2 atom stereocenters. The number of ether oxygens (including phenoxy) is 1. The molecule has 0 bridgehead atoms. The average molecular weight is 724 g/mol. The first kappa shape index (κ1) is 35.4. The number of carbonyl (C=O) groups excluding carboxylic acids is 2. The van der Waals surface area contributed by atoms with Gasteiger partial charge in [0.15, 0.2) is 0 Å². The van der Waals surface area contributed by atoms with Crippen molar-refractivity contribution in [3.63, 3.8) is 0 Å². The molecular formula is C44H49N7O3. The van der Waals surface area contributed by atoms with Crippen LogP contribution in [0.25, 0.3) is 55.4 Å². The second-order valence-corrected chi connectivity index (χ2v) is 16.7. The minimum absolute atomic E-state index is 0.0415. The summed E-state index contributed by atoms with van der Waals surface area (Å²) in [5.74, 6) is 1.64. The van der Waals surface area contributed by atoms with E-state index in [9.17, 15) is 9.59 Å². The number of fused-ring (bicyclic) bond motifs is 2. The fourth-order valence-corrected chi connectivity index (χ4v) is 7.72. The fraction of sp³-hybridized carbons (Fsp3) is 0.364. The number of benzene rings is 4. The summed E-state index contributed by atoms with van der Waals surface area (Å²) < 4.78 is 5.67. The van der Waals surface area contributed by atoms with Crippen LogP contribution in [0.4, 0.5) is 9.59 Å². The number of H-pyrrole nitrogens is 2. The maximum absolute atomic E-state index is 13.0. The van der Waals surface area contributed by atoms with Crippen LogP contribution in [0.3, 0.4) is 0 Å². The summed E-state index contributed by atoms with van der Waals surface area (Å²) in [5, 5.41) is 3.10. The Morgan fingerprint density at radius 3 is 1.48 bits per heavy atom. The van der Waals surface area contributed by atoms with Gasteiger partial charge in [-0.1, -0.05) is 60.7 Å². The van der Waals surface area contributed by atoms with Crippen LogP contribution in [0.15, 0.2) is 84.9 Å². The SMILES string of the molecule is CC(C)(C)NC(=O)N1CCCC1c1nc2ccc(-c3ccc(-c4ccc(-c5ccc6nc(C7CCCN7C(=O)OC(C)(C)C)[nH]c6c5)cc4)cc3)cc2[nH]1. The van der Waals surface area contributed by atoms with Gasteiger partial charge in [-0.15, -0.1) is 0 Å². The normalized spacial score (nSPS) is 17.8. The lowest BCUT2D eigenvalue weighted by atomic mass is 9.98. The number of rotatable bonds is 5. The van der Waals surface area contributed by atoms with Crippen molar-refractivity contribution in [2.45, 2.75) is 90.4 Å². The maximum atomic E-state index is 13.0. The average Bonchev–Trinajstić information content (AvgIpc) is 3.95. The van der Waals surface area contributed by atoms with E-state index < -0.39 is 5.60 Å². The second-order valence-electron chi connectivity index (χ2n) is 16.7. The molecule has 2 aliphatic heterocycles. The Kier molecular flexibility index (Phi) is 8.95. The highest BCUT2D eigenvalue weighted by atomic mass is 16.6. The monoisotopic (exact) mass is 723 g/mol. The van der Waals surface area contributed by atoms with Crippen LogP contribution >= 0.6 is 0 Å². The zero-order chi connectivity index (χ0) is 37.8. The van der Waals surface area contributed by atoms with Crippen LogP contribution < -0.4 is 5.32 Å². The van der Waals surface area contributed by atoms with E-state index in [0.717, 1.165) is 99.3 Å². The van der Waals surface area contributed by atoms with E-state index in [4.69, 9.17) is 14.7 Å². The van der Waals surface area contributed by atoms with Crippen molar-refractivity contribution in [2.24, 2.45) is 0 Å². The number of aromatic amines is 2. The van der Waals surface area contributed by atoms with Crippen molar-refractivity contribution in [1.82, 2.24) is 35.1 Å². The highest BCUT2D eigenvalue weighted by Gasteiger charge is 2.35. The third-order valence-electron chi connectivity index (χ3n) is 10.3. The van der Waals surface area contributed by atoms with Crippen molar-refractivity contribution in [3.8, 4) is 33.4 Å². The van der Waals surface area contributed by atoms with Crippen LogP contribution in [0.5, 0.6) is 0 Å². The maximum Gasteiger partial charge on any atom is 0.410 e. The molecule has 278 valence electrons. The number of hydrogen-bond donors (Lipinski definition) is 3. The zero-order valence-corrected chi connectivity index (χ0v) is 32.0. The molecule has 0 radical (unpaired) electrons. The van der Waals surface area contributed by atoms with Crippen molar-refractivity contribution >= 4 is 34.2 Å². The molecule has 3 N–H and O–H groups in total. The number of urea groups is 1. The number of likely N-dealkylation sites (tertiary alicyclic amines) is 2. The minimum atomic E-state index is -0.540. The van der Waals surface area contributed by atoms with Crippen molar-refractivity contribution in [2.75, 3.05) is 13.1 Å². The van der Waals surface area contributed by atoms with Crippen LogP contribution in [0, 0.1) is 0 Å². The minimum Gasteiger partial charge on any atom is -0.444 e. The Morgan fingerprint density at radius 1 is 0.630 bits per heavy atom. The summed E-state index contributed by atoms with van der Waals surface area (Å²) >= 11 is 0. The molecule has 0 aliphatic carbocycles. The molecule has 6 aromatic rings. The first-order chi connectivity index (χ1) is 25.8. The molecule has 0 saturated carbocycles. The van der Waals surface area contributed by atoms with Gasteiger partial charge in [-0.2, -0.15) is 0 Å². The lowest BCUT2D eigenvalue weighted by Crippen LogP contribution is -2.48. The molecule has 2 fully saturated rings. The highest BCUT2D eigenvalue weighted by molar-refractivity contribution is 5.85. The van der Waals surface area contributed by atoms with Crippen LogP contribution in [-0.2, 0) is 4.74 Å². The molecule has 0 spiro atoms. The van der Waals surface area contributed by atoms with Gasteiger partial charge in [0.05, 0.1) is 34.2 Å². The first-order valence-electron chi connectivity index (χ1n) is 19.1. The number of hydrogen-bond acceptors (Lipinski definition) is 5. The molecule has 8 rings (SSSR count). The van der Waals surface area contributed by atoms with Gasteiger partial charge in [0, 0.05) is 18.6 Å². The van der Waals surface area contributed by atoms with Gasteiger partial charge < -0.3 is 24.9 Å². The Labute approximate surface area is 316 Å². The molecule has 4 heterocycles. The molecule has 10 nitrogen and oxygen atoms in total. The molecule has 2 aliphatic rings. The molecule has 2 unspecified atom stereocenters. The fourth-order valence-electron chi connectivity index (χ4n) is 7.72. The number of amides is 3. The van der Waals surface area contributed by atoms with E-state index in [2.05, 4.69) is 94.1 Å². The van der Waals surface area contributed by atoms with E-state index in [-0.39, 0.29) is 29.7 Å². The number of nitrogens with one attached hydrogen (secondary N) is 3. The van der Waals surface area contributed by atoms with Crippen LogP contribution in [-0.4, -0.2) is 66.1 Å². The Hall–Kier alpha value is -5.64. The number of nitrogens with zero attached hydrogens (tertiary/aromatic N) is 4. The summed E-state index contributed by atoms with van der Waals surface area (Å²) in [7, 11) is 0. The highest BCUT2D eigenvalue weighted by Crippen LogP contribution is 2.36. The van der Waals surface area contributed by atoms with Gasteiger partial charge in [0.25, 0.3) is 0 Å². The van der Waals surface area contributed by atoms with Gasteiger partial charge in [-0.05, 0) is 125 Å². The number of imidazole rings is 2. The molecule has 2 aromatic heterocycles. The molecule has 10 heteroatoms. The third-order valence-corrected chi connectivity index (χ3v) is 10.3. The predicted octanol–water partition coefficient (Wildman–Crippen LogP) is 10.2. The van der Waals surface area contributed by atoms with Crippen molar-refractivity contribution in [1.29, 1.82) is 0 Å². The predicted molar refractivity (Wildman–Crippen MR) is 214 cm³/mol. The Balaban J connectivity index is 0.954. The largest absolute Gasteiger partial charge is 0.444 e. The van der Waals surface area contributed by atoms with E-state index in [1.54, 1.807) is 4.90 Å². The summed E-state index contributed by atoms with van der Waals surface area (Å²) in [6.07, 6.45) is 3.34. The molecule has 2 saturated heterocycles. The van der Waals surface area contributed by atoms with Crippen LogP contribution in [0.1, 0.15) is 91.0 Å². The Morgan fingerprint density at radius 2 is 1.04 bits per heavy atom. The van der Waals surface area contributed by atoms with E-state index in [1.807, 2.05) is 52.5 Å². The van der Waals surface area contributed by atoms with E-state index >= 15 is 0 Å². The molecule has 4 aromatic carbocycles. The zero-order valence-electron chi connectivity index (χ0n) is 32.0. The lowest BCUT2D eigenvalue weighted by molar-refractivity contribution is 0.0219. The van der Waals surface area contributed by atoms with Gasteiger partial charge in [0.1, 0.15) is 17.2 Å². The number of aromatic nitrogens is 4.